The molecule has 0 radical (unpaired) electrons. The van der Waals surface area contributed by atoms with Crippen LogP contribution in [0.1, 0.15) is 38.2 Å². The fourth-order valence-corrected chi connectivity index (χ4v) is 1.85. The molecule has 0 aliphatic rings. The Kier molecular flexibility index (Phi) is 2.99. The van der Waals surface area contributed by atoms with Crippen LogP contribution in [0.3, 0.4) is 0 Å². The van der Waals surface area contributed by atoms with Crippen LogP contribution in [-0.2, 0) is 12.8 Å². The van der Waals surface area contributed by atoms with E-state index in [4.69, 9.17) is 0 Å². The van der Waals surface area contributed by atoms with Gasteiger partial charge >= 0.3 is 0 Å². The molecule has 3 heteroatoms. The van der Waals surface area contributed by atoms with Crippen molar-refractivity contribution < 1.29 is 0 Å². The second kappa shape index (κ2) is 4.43. The number of pyridine rings is 1. The van der Waals surface area contributed by atoms with Crippen molar-refractivity contribution in [2.24, 2.45) is 0 Å². The number of hydrogen-bond acceptors (Lipinski definition) is 2. The minimum atomic E-state index is 0.935. The summed E-state index contributed by atoms with van der Waals surface area (Å²) in [5.41, 5.74) is 2.30. The number of rotatable bonds is 4. The van der Waals surface area contributed by atoms with Crippen molar-refractivity contribution in [2.45, 2.75) is 39.5 Å². The smallest absolute Gasteiger partial charge is 0.160 e. The minimum Gasteiger partial charge on any atom is -0.283 e. The molecular weight excluding hydrogens is 186 g/mol. The highest BCUT2D eigenvalue weighted by Gasteiger charge is 2.06. The molecule has 0 saturated heterocycles. The summed E-state index contributed by atoms with van der Waals surface area (Å²) in [7, 11) is 0. The van der Waals surface area contributed by atoms with Gasteiger partial charge in [-0.05, 0) is 25.0 Å². The molecule has 2 aromatic rings. The van der Waals surface area contributed by atoms with Crippen LogP contribution in [0.5, 0.6) is 0 Å². The molecule has 0 unspecified atom stereocenters. The largest absolute Gasteiger partial charge is 0.283 e. The van der Waals surface area contributed by atoms with Gasteiger partial charge in [0.15, 0.2) is 5.65 Å². The van der Waals surface area contributed by atoms with E-state index in [2.05, 4.69) is 40.6 Å². The van der Waals surface area contributed by atoms with Gasteiger partial charge in [0, 0.05) is 12.1 Å². The first-order valence-electron chi connectivity index (χ1n) is 5.68. The summed E-state index contributed by atoms with van der Waals surface area (Å²) in [6.45, 7) is 4.33. The van der Waals surface area contributed by atoms with Crippen molar-refractivity contribution in [3.05, 3.63) is 29.7 Å². The second-order valence-electron chi connectivity index (χ2n) is 3.78. The summed E-state index contributed by atoms with van der Waals surface area (Å²) < 4.78 is 2.19. The average molecular weight is 203 g/mol. The van der Waals surface area contributed by atoms with E-state index in [0.29, 0.717) is 0 Å². The predicted molar refractivity (Wildman–Crippen MR) is 61.0 cm³/mol. The maximum Gasteiger partial charge on any atom is 0.160 e. The molecule has 0 spiro atoms. The Hall–Kier alpha value is -1.38. The van der Waals surface area contributed by atoms with Gasteiger partial charge < -0.3 is 0 Å². The Morgan fingerprint density at radius 1 is 1.20 bits per heavy atom. The zero-order chi connectivity index (χ0) is 10.7. The summed E-state index contributed by atoms with van der Waals surface area (Å²) in [5.74, 6) is 1.07. The SMILES string of the molecule is CCCCc1cccc2nnc(CC)n12. The normalized spacial score (nSPS) is 11.1. The Morgan fingerprint density at radius 2 is 2.07 bits per heavy atom. The average Bonchev–Trinajstić information content (AvgIpc) is 2.69. The molecule has 0 fully saturated rings. The van der Waals surface area contributed by atoms with Crippen molar-refractivity contribution in [1.29, 1.82) is 0 Å². The van der Waals surface area contributed by atoms with E-state index in [1.165, 1.54) is 18.5 Å². The van der Waals surface area contributed by atoms with Crippen molar-refractivity contribution in [1.82, 2.24) is 14.6 Å². The van der Waals surface area contributed by atoms with Crippen LogP contribution >= 0.6 is 0 Å². The Balaban J connectivity index is 2.47. The lowest BCUT2D eigenvalue weighted by molar-refractivity contribution is 0.754. The van der Waals surface area contributed by atoms with E-state index in [-0.39, 0.29) is 0 Å². The number of unbranched alkanes of at least 4 members (excludes halogenated alkanes) is 1. The van der Waals surface area contributed by atoms with E-state index in [0.717, 1.165) is 24.3 Å². The van der Waals surface area contributed by atoms with Gasteiger partial charge in [0.2, 0.25) is 0 Å². The number of nitrogens with zero attached hydrogens (tertiary/aromatic N) is 3. The van der Waals surface area contributed by atoms with Crippen LogP contribution in [0.15, 0.2) is 18.2 Å². The Bertz CT molecular complexity index is 445. The fraction of sp³-hybridized carbons (Fsp3) is 0.500. The third kappa shape index (κ3) is 1.87. The number of aryl methyl sites for hydroxylation is 2. The molecule has 0 saturated carbocycles. The molecule has 2 aromatic heterocycles. The molecule has 0 aliphatic carbocycles. The van der Waals surface area contributed by atoms with Crippen LogP contribution in [0, 0.1) is 0 Å². The maximum atomic E-state index is 4.20. The highest BCUT2D eigenvalue weighted by molar-refractivity contribution is 5.39. The molecule has 3 nitrogen and oxygen atoms in total. The van der Waals surface area contributed by atoms with Gasteiger partial charge in [-0.25, -0.2) is 0 Å². The van der Waals surface area contributed by atoms with Gasteiger partial charge in [0.05, 0.1) is 0 Å². The standard InChI is InChI=1S/C12H17N3/c1-3-5-7-10-8-6-9-12-14-13-11(4-2)15(10)12/h6,8-9H,3-5,7H2,1-2H3. The van der Waals surface area contributed by atoms with Crippen LogP contribution in [0.2, 0.25) is 0 Å². The molecular formula is C12H17N3. The summed E-state index contributed by atoms with van der Waals surface area (Å²) in [6, 6.07) is 6.25. The van der Waals surface area contributed by atoms with Gasteiger partial charge in [-0.1, -0.05) is 26.3 Å². The first kappa shape index (κ1) is 10.1. The third-order valence-electron chi connectivity index (χ3n) is 2.68. The Labute approximate surface area is 90.1 Å². The summed E-state index contributed by atoms with van der Waals surface area (Å²) in [5, 5.41) is 8.37. The van der Waals surface area contributed by atoms with Crippen LogP contribution in [0.25, 0.3) is 5.65 Å². The monoisotopic (exact) mass is 203 g/mol. The van der Waals surface area contributed by atoms with Crippen molar-refractivity contribution >= 4 is 5.65 Å². The van der Waals surface area contributed by atoms with Crippen LogP contribution in [-0.4, -0.2) is 14.6 Å². The zero-order valence-electron chi connectivity index (χ0n) is 9.40. The predicted octanol–water partition coefficient (Wildman–Crippen LogP) is 2.63. The van der Waals surface area contributed by atoms with Gasteiger partial charge in [-0.15, -0.1) is 10.2 Å². The first-order valence-corrected chi connectivity index (χ1v) is 5.68. The molecule has 0 amide bonds. The van der Waals surface area contributed by atoms with Crippen molar-refractivity contribution in [2.75, 3.05) is 0 Å². The molecule has 15 heavy (non-hydrogen) atoms. The molecule has 0 aliphatic heterocycles. The van der Waals surface area contributed by atoms with Gasteiger partial charge in [-0.3, -0.25) is 4.40 Å². The quantitative estimate of drug-likeness (QED) is 0.764. The van der Waals surface area contributed by atoms with E-state index < -0.39 is 0 Å². The number of aromatic nitrogens is 3. The van der Waals surface area contributed by atoms with E-state index >= 15 is 0 Å². The molecule has 0 N–H and O–H groups in total. The molecule has 80 valence electrons. The molecule has 0 aromatic carbocycles. The van der Waals surface area contributed by atoms with Gasteiger partial charge in [0.25, 0.3) is 0 Å². The minimum absolute atomic E-state index is 0.935. The topological polar surface area (TPSA) is 30.2 Å². The van der Waals surface area contributed by atoms with Crippen molar-refractivity contribution in [3.63, 3.8) is 0 Å². The maximum absolute atomic E-state index is 4.20. The number of hydrogen-bond donors (Lipinski definition) is 0. The second-order valence-corrected chi connectivity index (χ2v) is 3.78. The Morgan fingerprint density at radius 3 is 2.80 bits per heavy atom. The zero-order valence-corrected chi connectivity index (χ0v) is 9.40. The molecule has 0 atom stereocenters. The lowest BCUT2D eigenvalue weighted by Gasteiger charge is -2.05. The summed E-state index contributed by atoms with van der Waals surface area (Å²) in [6.07, 6.45) is 4.49. The highest BCUT2D eigenvalue weighted by atomic mass is 15.2. The van der Waals surface area contributed by atoms with E-state index in [1.807, 2.05) is 6.07 Å². The third-order valence-corrected chi connectivity index (χ3v) is 2.68. The highest BCUT2D eigenvalue weighted by Crippen LogP contribution is 2.11. The van der Waals surface area contributed by atoms with Crippen molar-refractivity contribution in [3.8, 4) is 0 Å². The van der Waals surface area contributed by atoms with Gasteiger partial charge in [-0.2, -0.15) is 0 Å². The summed E-state index contributed by atoms with van der Waals surface area (Å²) in [4.78, 5) is 0. The lowest BCUT2D eigenvalue weighted by Crippen LogP contribution is -2.00. The van der Waals surface area contributed by atoms with Crippen LogP contribution < -0.4 is 0 Å². The summed E-state index contributed by atoms with van der Waals surface area (Å²) >= 11 is 0. The fourth-order valence-electron chi connectivity index (χ4n) is 1.85. The molecule has 0 bridgehead atoms. The van der Waals surface area contributed by atoms with E-state index in [1.54, 1.807) is 0 Å². The first-order chi connectivity index (χ1) is 7.36. The molecule has 2 heterocycles. The lowest BCUT2D eigenvalue weighted by atomic mass is 10.2. The van der Waals surface area contributed by atoms with E-state index in [9.17, 15) is 0 Å². The molecule has 2 rings (SSSR count). The number of fused-ring (bicyclic) bond motifs is 1. The van der Waals surface area contributed by atoms with Crippen LogP contribution in [0.4, 0.5) is 0 Å². The van der Waals surface area contributed by atoms with Gasteiger partial charge in [0.1, 0.15) is 5.82 Å².